The highest BCUT2D eigenvalue weighted by molar-refractivity contribution is 6.06. The third-order valence-electron chi connectivity index (χ3n) is 12.3. The maximum absolute atomic E-state index is 13.5. The average molecular weight is 787 g/mol. The molecule has 0 unspecified atom stereocenters. The predicted octanol–water partition coefficient (Wildman–Crippen LogP) is 2.81. The van der Waals surface area contributed by atoms with Crippen LogP contribution in [0.1, 0.15) is 34.5 Å². The Morgan fingerprint density at radius 3 is 2.60 bits per heavy atom. The predicted molar refractivity (Wildman–Crippen MR) is 211 cm³/mol. The monoisotopic (exact) mass is 786 g/mol. The second-order valence-corrected chi connectivity index (χ2v) is 15.4. The fourth-order valence-electron chi connectivity index (χ4n) is 9.24. The topological polar surface area (TPSA) is 176 Å². The molecule has 58 heavy (non-hydrogen) atoms. The summed E-state index contributed by atoms with van der Waals surface area (Å²) >= 11 is 0. The molecule has 3 saturated heterocycles. The van der Waals surface area contributed by atoms with Crippen LogP contribution in [0.5, 0.6) is 0 Å². The Bertz CT molecular complexity index is 2750. The number of aryl methyl sites for hydroxylation is 1. The molecular weight excluding hydrogens is 748 g/mol. The number of amides is 3. The molecule has 4 aromatic heterocycles. The lowest BCUT2D eigenvalue weighted by Gasteiger charge is -2.49. The molecule has 18 heteroatoms. The van der Waals surface area contributed by atoms with Gasteiger partial charge in [-0.15, -0.1) is 5.10 Å². The van der Waals surface area contributed by atoms with Crippen molar-refractivity contribution in [3.05, 3.63) is 94.3 Å². The van der Waals surface area contributed by atoms with Gasteiger partial charge in [-0.05, 0) is 71.3 Å². The van der Waals surface area contributed by atoms with Gasteiger partial charge in [-0.3, -0.25) is 38.7 Å². The summed E-state index contributed by atoms with van der Waals surface area (Å²) in [6, 6.07) is 18.2. The molecule has 0 radical (unpaired) electrons. The number of aromatic nitrogens is 6. The van der Waals surface area contributed by atoms with Gasteiger partial charge >= 0.3 is 5.69 Å². The third kappa shape index (κ3) is 5.46. The zero-order chi connectivity index (χ0) is 39.9. The number of anilines is 4. The highest BCUT2D eigenvalue weighted by Gasteiger charge is 2.60. The Hall–Kier alpha value is -6.66. The van der Waals surface area contributed by atoms with Crippen molar-refractivity contribution in [1.29, 1.82) is 0 Å². The summed E-state index contributed by atoms with van der Waals surface area (Å²) in [5.74, 6) is -1.11. The number of nitrogens with zero attached hydrogens (tertiary/aromatic N) is 9. The Morgan fingerprint density at radius 1 is 1.00 bits per heavy atom. The SMILES string of the molecule is CNc1cc(N2CCc3c(-c4cc(CN5CCN(c6ccc7c(c6)n(C)c(=O)n7C67CC(C6)C(=O)NC7=O)CC5)ccn4)cccc32)nn2c(C(=O)NOF)cnc12. The summed E-state index contributed by atoms with van der Waals surface area (Å²) in [4.78, 5) is 66.9. The molecule has 4 fully saturated rings. The zero-order valence-electron chi connectivity index (χ0n) is 31.7. The number of imidazole rings is 2. The smallest absolute Gasteiger partial charge is 0.329 e. The van der Waals surface area contributed by atoms with E-state index < -0.39 is 17.4 Å². The van der Waals surface area contributed by atoms with E-state index in [1.54, 1.807) is 28.7 Å². The summed E-state index contributed by atoms with van der Waals surface area (Å²) in [7, 11) is 3.49. The molecule has 0 spiro atoms. The van der Waals surface area contributed by atoms with Crippen LogP contribution in [-0.4, -0.2) is 91.1 Å². The Balaban J connectivity index is 0.845. The molecule has 17 nitrogen and oxygen atoms in total. The third-order valence-corrected chi connectivity index (χ3v) is 12.3. The van der Waals surface area contributed by atoms with Crippen molar-refractivity contribution in [3.8, 4) is 11.3 Å². The van der Waals surface area contributed by atoms with E-state index in [1.165, 1.54) is 10.7 Å². The Morgan fingerprint density at radius 2 is 1.83 bits per heavy atom. The maximum atomic E-state index is 13.5. The number of carbonyl (C=O) groups excluding carboxylic acids is 3. The molecule has 2 aromatic carbocycles. The fourth-order valence-corrected chi connectivity index (χ4v) is 9.24. The lowest BCUT2D eigenvalue weighted by molar-refractivity contribution is -0.176. The molecule has 11 rings (SSSR count). The lowest BCUT2D eigenvalue weighted by Crippen LogP contribution is -2.68. The van der Waals surface area contributed by atoms with E-state index in [4.69, 9.17) is 10.1 Å². The van der Waals surface area contributed by atoms with Crippen molar-refractivity contribution >= 4 is 57.3 Å². The van der Waals surface area contributed by atoms with E-state index in [1.807, 2.05) is 42.6 Å². The fraction of sp³-hybridized carbons (Fsp3) is 0.325. The number of fused-ring (bicyclic) bond motifs is 5. The molecule has 2 bridgehead atoms. The minimum atomic E-state index is -1.01. The van der Waals surface area contributed by atoms with Gasteiger partial charge in [0.05, 0.1) is 28.6 Å². The van der Waals surface area contributed by atoms with Gasteiger partial charge in [0.25, 0.3) is 11.8 Å². The number of hydrogen-bond acceptors (Lipinski definition) is 12. The number of benzene rings is 2. The van der Waals surface area contributed by atoms with Crippen LogP contribution < -0.4 is 31.6 Å². The summed E-state index contributed by atoms with van der Waals surface area (Å²) in [6.45, 7) is 4.71. The first kappa shape index (κ1) is 35.7. The van der Waals surface area contributed by atoms with Crippen LogP contribution in [0, 0.1) is 5.92 Å². The molecule has 3 N–H and O–H groups in total. The summed E-state index contributed by atoms with van der Waals surface area (Å²) in [5, 5.41) is 13.6. The van der Waals surface area contributed by atoms with E-state index in [0.29, 0.717) is 42.1 Å². The quantitative estimate of drug-likeness (QED) is 0.145. The molecule has 4 aliphatic heterocycles. The van der Waals surface area contributed by atoms with Crippen molar-refractivity contribution in [2.45, 2.75) is 31.3 Å². The highest BCUT2D eigenvalue weighted by atomic mass is 19.3. The average Bonchev–Trinajstić information content (AvgIpc) is 3.92. The number of imide groups is 1. The van der Waals surface area contributed by atoms with Crippen LogP contribution in [-0.2, 0) is 40.2 Å². The summed E-state index contributed by atoms with van der Waals surface area (Å²) in [6.07, 6.45) is 4.64. The molecule has 5 aliphatic rings. The van der Waals surface area contributed by atoms with E-state index >= 15 is 0 Å². The number of hydroxylamine groups is 1. The molecule has 296 valence electrons. The molecule has 0 atom stereocenters. The zero-order valence-corrected chi connectivity index (χ0v) is 31.7. The first-order valence-corrected chi connectivity index (χ1v) is 19.2. The second-order valence-electron chi connectivity index (χ2n) is 15.4. The first-order valence-electron chi connectivity index (χ1n) is 19.2. The second kappa shape index (κ2) is 13.5. The van der Waals surface area contributed by atoms with Gasteiger partial charge in [0.15, 0.2) is 17.2 Å². The van der Waals surface area contributed by atoms with E-state index in [2.05, 4.69) is 53.6 Å². The molecule has 6 aromatic rings. The number of hydrogen-bond donors (Lipinski definition) is 3. The van der Waals surface area contributed by atoms with Gasteiger partial charge in [-0.2, -0.15) is 5.48 Å². The standard InChI is InChI=1S/C40H39FN12O5/c1-42-29-18-34(46-53-33(21-44-35(29)53)37(55)47-58-41)51-11-9-27-26(4-3-5-30(27)51)28-16-23(8-10-43-28)22-49-12-14-50(15-13-49)25-6-7-31-32(17-25)48(2)39(57)52(31)40-19-24(20-40)36(54)45-38(40)56/h3-8,10,16-18,21,24,42H,9,11-15,19-20,22H2,1-2H3,(H,47,55)(H,45,54,56). The summed E-state index contributed by atoms with van der Waals surface area (Å²) < 4.78 is 17.0. The lowest BCUT2D eigenvalue weighted by atomic mass is 9.64. The van der Waals surface area contributed by atoms with Gasteiger partial charge in [0.1, 0.15) is 5.54 Å². The molecular formula is C40H39FN12O5. The largest absolute Gasteiger partial charge is 0.385 e. The molecule has 8 heterocycles. The number of pyridine rings is 1. The van der Waals surface area contributed by atoms with Gasteiger partial charge in [0, 0.05) is 88.5 Å². The molecule has 1 aliphatic carbocycles. The van der Waals surface area contributed by atoms with Crippen LogP contribution in [0.3, 0.4) is 0 Å². The number of nitrogens with one attached hydrogen (secondary N) is 3. The number of piperidine rings is 2. The first-order chi connectivity index (χ1) is 28.2. The van der Waals surface area contributed by atoms with Crippen LogP contribution in [0.2, 0.25) is 0 Å². The van der Waals surface area contributed by atoms with Gasteiger partial charge in [0.2, 0.25) is 5.91 Å². The normalized spacial score (nSPS) is 20.4. The van der Waals surface area contributed by atoms with Crippen molar-refractivity contribution in [2.75, 3.05) is 54.9 Å². The minimum absolute atomic E-state index is 0.0197. The Kier molecular flexibility index (Phi) is 8.31. The van der Waals surface area contributed by atoms with Crippen LogP contribution in [0.4, 0.5) is 27.4 Å². The van der Waals surface area contributed by atoms with Crippen LogP contribution in [0.25, 0.3) is 27.9 Å². The van der Waals surface area contributed by atoms with Gasteiger partial charge in [-0.25, -0.2) is 14.3 Å². The van der Waals surface area contributed by atoms with Crippen molar-refractivity contribution in [1.82, 2.24) is 44.4 Å². The summed E-state index contributed by atoms with van der Waals surface area (Å²) in [5.41, 5.74) is 9.18. The van der Waals surface area contributed by atoms with Crippen molar-refractivity contribution in [3.63, 3.8) is 0 Å². The van der Waals surface area contributed by atoms with Gasteiger partial charge in [-0.1, -0.05) is 17.2 Å². The Labute approximate surface area is 329 Å². The van der Waals surface area contributed by atoms with Crippen LogP contribution in [0.15, 0.2) is 71.8 Å². The van der Waals surface area contributed by atoms with E-state index in [9.17, 15) is 23.7 Å². The number of carbonyl (C=O) groups is 3. The van der Waals surface area contributed by atoms with E-state index in [-0.39, 0.29) is 23.2 Å². The maximum Gasteiger partial charge on any atom is 0.329 e. The highest BCUT2D eigenvalue weighted by Crippen LogP contribution is 2.48. The number of piperazine rings is 1. The number of rotatable bonds is 9. The molecule has 1 saturated carbocycles. The number of halogens is 1. The van der Waals surface area contributed by atoms with Crippen molar-refractivity contribution in [2.24, 2.45) is 13.0 Å². The molecule has 3 amide bonds. The van der Waals surface area contributed by atoms with Gasteiger partial charge < -0.3 is 15.1 Å². The van der Waals surface area contributed by atoms with E-state index in [0.717, 1.165) is 78.4 Å². The van der Waals surface area contributed by atoms with Crippen molar-refractivity contribution < 1.29 is 24.0 Å². The van der Waals surface area contributed by atoms with Crippen LogP contribution >= 0.6 is 0 Å². The minimum Gasteiger partial charge on any atom is -0.385 e.